The van der Waals surface area contributed by atoms with E-state index in [9.17, 15) is 9.59 Å². The van der Waals surface area contributed by atoms with E-state index in [-0.39, 0.29) is 24.2 Å². The molecule has 7 heteroatoms. The second-order valence-corrected chi connectivity index (χ2v) is 6.90. The van der Waals surface area contributed by atoms with Crippen molar-refractivity contribution in [1.82, 2.24) is 14.3 Å². The van der Waals surface area contributed by atoms with Crippen LogP contribution in [-0.4, -0.2) is 31.5 Å². The van der Waals surface area contributed by atoms with Gasteiger partial charge in [-0.1, -0.05) is 19.1 Å². The Balaban J connectivity index is 1.94. The van der Waals surface area contributed by atoms with Crippen LogP contribution in [0.2, 0.25) is 0 Å². The molecule has 1 aliphatic heterocycles. The second kappa shape index (κ2) is 5.64. The number of thioether (sulfide) groups is 1. The third-order valence-corrected chi connectivity index (χ3v) is 5.33. The molecule has 22 heavy (non-hydrogen) atoms. The monoisotopic (exact) mass is 318 g/mol. The van der Waals surface area contributed by atoms with Gasteiger partial charge >= 0.3 is 5.69 Å². The number of anilines is 1. The number of amides is 1. The molecule has 2 atom stereocenters. The second-order valence-electron chi connectivity index (χ2n) is 5.48. The number of hydrogen-bond donors (Lipinski definition) is 0. The van der Waals surface area contributed by atoms with E-state index in [2.05, 4.69) is 12.0 Å². The van der Waals surface area contributed by atoms with Gasteiger partial charge in [-0.2, -0.15) is 5.10 Å². The van der Waals surface area contributed by atoms with Crippen molar-refractivity contribution in [1.29, 1.82) is 0 Å². The number of para-hydroxylation sites is 1. The first-order valence-electron chi connectivity index (χ1n) is 7.15. The van der Waals surface area contributed by atoms with Crippen LogP contribution in [0.15, 0.2) is 40.3 Å². The first-order chi connectivity index (χ1) is 10.5. The summed E-state index contributed by atoms with van der Waals surface area (Å²) >= 11 is 1.77. The zero-order valence-corrected chi connectivity index (χ0v) is 13.6. The summed E-state index contributed by atoms with van der Waals surface area (Å²) in [6, 6.07) is 7.93. The molecule has 0 unspecified atom stereocenters. The number of rotatable bonds is 2. The lowest BCUT2D eigenvalue weighted by Crippen LogP contribution is -2.48. The van der Waals surface area contributed by atoms with Gasteiger partial charge in [0.1, 0.15) is 12.9 Å². The normalized spacial score (nSPS) is 20.8. The summed E-state index contributed by atoms with van der Waals surface area (Å²) < 4.78 is 2.56. The fourth-order valence-electron chi connectivity index (χ4n) is 2.58. The van der Waals surface area contributed by atoms with Gasteiger partial charge in [0, 0.05) is 23.2 Å². The third-order valence-electron chi connectivity index (χ3n) is 3.96. The highest BCUT2D eigenvalue weighted by Crippen LogP contribution is 2.41. The van der Waals surface area contributed by atoms with Crippen LogP contribution in [-0.2, 0) is 18.4 Å². The average Bonchev–Trinajstić information content (AvgIpc) is 2.80. The summed E-state index contributed by atoms with van der Waals surface area (Å²) in [4.78, 5) is 27.5. The predicted molar refractivity (Wildman–Crippen MR) is 86.2 cm³/mol. The van der Waals surface area contributed by atoms with Crippen LogP contribution in [0.3, 0.4) is 0 Å². The van der Waals surface area contributed by atoms with E-state index in [1.807, 2.05) is 31.2 Å². The Morgan fingerprint density at radius 1 is 1.32 bits per heavy atom. The summed E-state index contributed by atoms with van der Waals surface area (Å²) in [5.41, 5.74) is 0.626. The van der Waals surface area contributed by atoms with E-state index in [4.69, 9.17) is 0 Å². The maximum atomic E-state index is 12.8. The Morgan fingerprint density at radius 3 is 2.73 bits per heavy atom. The number of hydrogen-bond acceptors (Lipinski definition) is 4. The zero-order chi connectivity index (χ0) is 15.9. The van der Waals surface area contributed by atoms with Crippen LogP contribution in [0.5, 0.6) is 0 Å². The highest BCUT2D eigenvalue weighted by Gasteiger charge is 2.33. The van der Waals surface area contributed by atoms with Crippen LogP contribution >= 0.6 is 11.8 Å². The van der Waals surface area contributed by atoms with Crippen molar-refractivity contribution in [3.63, 3.8) is 0 Å². The number of nitrogens with zero attached hydrogens (tertiary/aromatic N) is 4. The van der Waals surface area contributed by atoms with Crippen molar-refractivity contribution >= 4 is 23.4 Å². The largest absolute Gasteiger partial charge is 0.345 e. The maximum absolute atomic E-state index is 12.8. The summed E-state index contributed by atoms with van der Waals surface area (Å²) in [7, 11) is 1.62. The molecule has 0 radical (unpaired) electrons. The van der Waals surface area contributed by atoms with Crippen molar-refractivity contribution in [3.05, 3.63) is 41.1 Å². The van der Waals surface area contributed by atoms with Gasteiger partial charge in [0.2, 0.25) is 5.91 Å². The van der Waals surface area contributed by atoms with Gasteiger partial charge in [-0.05, 0) is 19.1 Å². The van der Waals surface area contributed by atoms with Gasteiger partial charge < -0.3 is 4.90 Å². The smallest absolute Gasteiger partial charge is 0.306 e. The van der Waals surface area contributed by atoms with Crippen molar-refractivity contribution in [2.45, 2.75) is 36.6 Å². The lowest BCUT2D eigenvalue weighted by atomic mass is 10.1. The standard InChI is InChI=1S/C15H18N4O2S/c1-10-11(2)22-13-7-5-4-6-12(13)19(10)14(20)8-18-15(21)17(3)9-16-18/h4-7,9-11H,8H2,1-3H3/t10-,11-/m1/s1. The molecule has 116 valence electrons. The van der Waals surface area contributed by atoms with E-state index in [1.165, 1.54) is 15.6 Å². The Bertz CT molecular complexity index is 767. The quantitative estimate of drug-likeness (QED) is 0.842. The molecule has 0 bridgehead atoms. The molecule has 2 heterocycles. The van der Waals surface area contributed by atoms with Crippen molar-refractivity contribution in [3.8, 4) is 0 Å². The lowest BCUT2D eigenvalue weighted by molar-refractivity contribution is -0.119. The van der Waals surface area contributed by atoms with Gasteiger partial charge in [-0.25, -0.2) is 9.48 Å². The minimum absolute atomic E-state index is 0.0459. The molecule has 0 fully saturated rings. The fraction of sp³-hybridized carbons (Fsp3) is 0.400. The van der Waals surface area contributed by atoms with Crippen LogP contribution in [0.1, 0.15) is 13.8 Å². The van der Waals surface area contributed by atoms with Gasteiger partial charge in [-0.15, -0.1) is 11.8 Å². The Labute approximate surface area is 132 Å². The Kier molecular flexibility index (Phi) is 3.82. The highest BCUT2D eigenvalue weighted by atomic mass is 32.2. The first-order valence-corrected chi connectivity index (χ1v) is 8.03. The minimum Gasteiger partial charge on any atom is -0.306 e. The van der Waals surface area contributed by atoms with Crippen LogP contribution < -0.4 is 10.6 Å². The Morgan fingerprint density at radius 2 is 2.05 bits per heavy atom. The molecule has 0 N–H and O–H groups in total. The molecule has 0 spiro atoms. The molecule has 3 rings (SSSR count). The first kappa shape index (κ1) is 14.9. The number of carbonyl (C=O) groups excluding carboxylic acids is 1. The number of carbonyl (C=O) groups is 1. The lowest BCUT2D eigenvalue weighted by Gasteiger charge is -2.38. The van der Waals surface area contributed by atoms with Crippen LogP contribution in [0.4, 0.5) is 5.69 Å². The zero-order valence-electron chi connectivity index (χ0n) is 12.8. The molecule has 0 saturated carbocycles. The van der Waals surface area contributed by atoms with Gasteiger partial charge in [0.25, 0.3) is 0 Å². The fourth-order valence-corrected chi connectivity index (χ4v) is 3.74. The molecule has 1 amide bonds. The summed E-state index contributed by atoms with van der Waals surface area (Å²) in [6.45, 7) is 4.10. The summed E-state index contributed by atoms with van der Waals surface area (Å²) in [5.74, 6) is -0.118. The maximum Gasteiger partial charge on any atom is 0.345 e. The molecule has 1 aromatic carbocycles. The van der Waals surface area contributed by atoms with E-state index < -0.39 is 0 Å². The molecule has 0 saturated heterocycles. The minimum atomic E-state index is -0.284. The van der Waals surface area contributed by atoms with Crippen molar-refractivity contribution < 1.29 is 4.79 Å². The Hall–Kier alpha value is -2.02. The molecule has 0 aliphatic carbocycles. The van der Waals surface area contributed by atoms with Crippen molar-refractivity contribution in [2.24, 2.45) is 7.05 Å². The third kappa shape index (κ3) is 2.45. The molecule has 6 nitrogen and oxygen atoms in total. The predicted octanol–water partition coefficient (Wildman–Crippen LogP) is 1.50. The van der Waals surface area contributed by atoms with E-state index in [0.29, 0.717) is 5.25 Å². The van der Waals surface area contributed by atoms with Crippen molar-refractivity contribution in [2.75, 3.05) is 4.90 Å². The van der Waals surface area contributed by atoms with Gasteiger partial charge in [0.15, 0.2) is 0 Å². The SMILES string of the molecule is C[C@@H]1[C@@H](C)Sc2ccccc2N1C(=O)Cn1ncn(C)c1=O. The molecule has 2 aromatic rings. The molecule has 1 aromatic heterocycles. The van der Waals surface area contributed by atoms with E-state index in [0.717, 1.165) is 10.6 Å². The van der Waals surface area contributed by atoms with Gasteiger partial charge in [0.05, 0.1) is 5.69 Å². The topological polar surface area (TPSA) is 60.1 Å². The van der Waals surface area contributed by atoms with E-state index >= 15 is 0 Å². The van der Waals surface area contributed by atoms with E-state index in [1.54, 1.807) is 23.7 Å². The number of benzene rings is 1. The van der Waals surface area contributed by atoms with Gasteiger partial charge in [-0.3, -0.25) is 9.36 Å². The molecular weight excluding hydrogens is 300 g/mol. The summed E-state index contributed by atoms with van der Waals surface area (Å²) in [6.07, 6.45) is 1.42. The van der Waals surface area contributed by atoms with Crippen LogP contribution in [0, 0.1) is 0 Å². The average molecular weight is 318 g/mol. The highest BCUT2D eigenvalue weighted by molar-refractivity contribution is 8.00. The molecule has 1 aliphatic rings. The number of aromatic nitrogens is 3. The number of fused-ring (bicyclic) bond motifs is 1. The molecular formula is C15H18N4O2S. The van der Waals surface area contributed by atoms with Crippen LogP contribution in [0.25, 0.3) is 0 Å². The number of aryl methyl sites for hydroxylation is 1. The summed E-state index contributed by atoms with van der Waals surface area (Å²) in [5, 5.41) is 4.26.